The van der Waals surface area contributed by atoms with Crippen molar-refractivity contribution in [1.29, 1.82) is 0 Å². The predicted octanol–water partition coefficient (Wildman–Crippen LogP) is 5.77. The van der Waals surface area contributed by atoms with Gasteiger partial charge in [0.2, 0.25) is 5.91 Å². The minimum absolute atomic E-state index is 0.0575. The van der Waals surface area contributed by atoms with Crippen molar-refractivity contribution >= 4 is 17.2 Å². The quantitative estimate of drug-likeness (QED) is 0.405. The number of benzene rings is 3. The van der Waals surface area contributed by atoms with E-state index in [0.717, 1.165) is 33.7 Å². The van der Waals surface area contributed by atoms with Crippen LogP contribution in [0.25, 0.3) is 16.9 Å². The maximum absolute atomic E-state index is 13.3. The molecule has 3 aromatic carbocycles. The van der Waals surface area contributed by atoms with Crippen molar-refractivity contribution in [2.75, 3.05) is 5.32 Å². The molecule has 0 radical (unpaired) electrons. The van der Waals surface area contributed by atoms with E-state index in [9.17, 15) is 4.79 Å². The van der Waals surface area contributed by atoms with Gasteiger partial charge in [-0.05, 0) is 35.4 Å². The van der Waals surface area contributed by atoms with Crippen molar-refractivity contribution in [1.82, 2.24) is 9.38 Å². The van der Waals surface area contributed by atoms with Gasteiger partial charge in [-0.15, -0.1) is 0 Å². The Morgan fingerprint density at radius 1 is 0.742 bits per heavy atom. The highest BCUT2D eigenvalue weighted by Crippen LogP contribution is 2.27. The van der Waals surface area contributed by atoms with Crippen LogP contribution < -0.4 is 5.32 Å². The van der Waals surface area contributed by atoms with Gasteiger partial charge in [-0.3, -0.25) is 4.79 Å². The summed E-state index contributed by atoms with van der Waals surface area (Å²) in [7, 11) is 0. The molecule has 0 aliphatic heterocycles. The highest BCUT2D eigenvalue weighted by atomic mass is 16.1. The number of amides is 1. The lowest BCUT2D eigenvalue weighted by Gasteiger charge is -2.18. The standard InChI is InChI=1S/C27H21N3O/c31-27(26(21-9-3-1-4-10-21)22-11-5-2-6-12-22)28-23-16-14-20(15-17-23)24-19-30-18-8-7-13-25(30)29-24/h1-19,26H,(H,28,31). The molecule has 0 atom stereocenters. The van der Waals surface area contributed by atoms with Crippen molar-refractivity contribution in [3.63, 3.8) is 0 Å². The number of carbonyl (C=O) groups is 1. The number of fused-ring (bicyclic) bond motifs is 1. The van der Waals surface area contributed by atoms with E-state index in [-0.39, 0.29) is 11.8 Å². The lowest BCUT2D eigenvalue weighted by Crippen LogP contribution is -2.22. The Labute approximate surface area is 180 Å². The summed E-state index contributed by atoms with van der Waals surface area (Å²) < 4.78 is 2.00. The summed E-state index contributed by atoms with van der Waals surface area (Å²) in [6.07, 6.45) is 3.98. The van der Waals surface area contributed by atoms with E-state index in [1.165, 1.54) is 0 Å². The highest BCUT2D eigenvalue weighted by Gasteiger charge is 2.22. The highest BCUT2D eigenvalue weighted by molar-refractivity contribution is 5.98. The van der Waals surface area contributed by atoms with Gasteiger partial charge >= 0.3 is 0 Å². The Morgan fingerprint density at radius 2 is 1.35 bits per heavy atom. The average Bonchev–Trinajstić information content (AvgIpc) is 3.25. The molecule has 0 aliphatic rings. The van der Waals surface area contributed by atoms with Gasteiger partial charge < -0.3 is 9.72 Å². The summed E-state index contributed by atoms with van der Waals surface area (Å²) in [5.41, 5.74) is 5.50. The lowest BCUT2D eigenvalue weighted by molar-refractivity contribution is -0.116. The Hall–Kier alpha value is -4.18. The maximum Gasteiger partial charge on any atom is 0.236 e. The molecular weight excluding hydrogens is 382 g/mol. The monoisotopic (exact) mass is 403 g/mol. The molecular formula is C27H21N3O. The Kier molecular flexibility index (Phi) is 5.03. The number of hydrogen-bond acceptors (Lipinski definition) is 2. The zero-order valence-corrected chi connectivity index (χ0v) is 16.8. The summed E-state index contributed by atoms with van der Waals surface area (Å²) in [6, 6.07) is 33.5. The first-order valence-corrected chi connectivity index (χ1v) is 10.2. The van der Waals surface area contributed by atoms with Gasteiger partial charge in [0.1, 0.15) is 5.65 Å². The number of hydrogen-bond donors (Lipinski definition) is 1. The van der Waals surface area contributed by atoms with E-state index in [4.69, 9.17) is 0 Å². The van der Waals surface area contributed by atoms with Gasteiger partial charge in [0.05, 0.1) is 11.6 Å². The molecule has 0 saturated heterocycles. The van der Waals surface area contributed by atoms with Crippen LogP contribution >= 0.6 is 0 Å². The average molecular weight is 403 g/mol. The summed E-state index contributed by atoms with van der Waals surface area (Å²) >= 11 is 0. The minimum Gasteiger partial charge on any atom is -0.325 e. The molecule has 150 valence electrons. The van der Waals surface area contributed by atoms with E-state index < -0.39 is 0 Å². The maximum atomic E-state index is 13.3. The van der Waals surface area contributed by atoms with Gasteiger partial charge in [0.15, 0.2) is 0 Å². The molecule has 0 fully saturated rings. The molecule has 1 amide bonds. The number of rotatable bonds is 5. The molecule has 0 spiro atoms. The molecule has 5 aromatic rings. The van der Waals surface area contributed by atoms with E-state index in [0.29, 0.717) is 0 Å². The Bertz CT molecular complexity index is 1240. The van der Waals surface area contributed by atoms with Crippen LogP contribution in [0.3, 0.4) is 0 Å². The zero-order valence-electron chi connectivity index (χ0n) is 16.8. The summed E-state index contributed by atoms with van der Waals surface area (Å²) in [5, 5.41) is 3.08. The number of nitrogens with zero attached hydrogens (tertiary/aromatic N) is 2. The van der Waals surface area contributed by atoms with Gasteiger partial charge in [0, 0.05) is 23.6 Å². The van der Waals surface area contributed by atoms with Crippen LogP contribution in [-0.4, -0.2) is 15.3 Å². The van der Waals surface area contributed by atoms with Crippen molar-refractivity contribution in [3.05, 3.63) is 127 Å². The lowest BCUT2D eigenvalue weighted by atomic mass is 9.90. The number of aromatic nitrogens is 2. The van der Waals surface area contributed by atoms with Gasteiger partial charge in [-0.25, -0.2) is 4.98 Å². The van der Waals surface area contributed by atoms with Gasteiger partial charge in [0.25, 0.3) is 0 Å². The van der Waals surface area contributed by atoms with Crippen LogP contribution in [0.4, 0.5) is 5.69 Å². The molecule has 1 N–H and O–H groups in total. The molecule has 0 aliphatic carbocycles. The number of imidazole rings is 1. The Balaban J connectivity index is 1.39. The first kappa shape index (κ1) is 18.8. The van der Waals surface area contributed by atoms with E-state index in [1.807, 2.05) is 120 Å². The smallest absolute Gasteiger partial charge is 0.236 e. The van der Waals surface area contributed by atoms with Crippen LogP contribution in [0.15, 0.2) is 116 Å². The summed E-state index contributed by atoms with van der Waals surface area (Å²) in [5.74, 6) is -0.432. The number of anilines is 1. The fourth-order valence-electron chi connectivity index (χ4n) is 3.80. The minimum atomic E-state index is -0.375. The molecule has 0 unspecified atom stereocenters. The molecule has 31 heavy (non-hydrogen) atoms. The van der Waals surface area contributed by atoms with Crippen molar-refractivity contribution in [2.24, 2.45) is 0 Å². The van der Waals surface area contributed by atoms with Crippen molar-refractivity contribution in [2.45, 2.75) is 5.92 Å². The summed E-state index contributed by atoms with van der Waals surface area (Å²) in [6.45, 7) is 0. The second-order valence-electron chi connectivity index (χ2n) is 7.41. The van der Waals surface area contributed by atoms with E-state index in [2.05, 4.69) is 10.3 Å². The topological polar surface area (TPSA) is 46.4 Å². The second kappa shape index (κ2) is 8.28. The van der Waals surface area contributed by atoms with Gasteiger partial charge in [-0.2, -0.15) is 0 Å². The third-order valence-corrected chi connectivity index (χ3v) is 5.34. The number of carbonyl (C=O) groups excluding carboxylic acids is 1. The molecule has 4 nitrogen and oxygen atoms in total. The Morgan fingerprint density at radius 3 is 1.97 bits per heavy atom. The fraction of sp³-hybridized carbons (Fsp3) is 0.0370. The van der Waals surface area contributed by atoms with Crippen LogP contribution in [0.5, 0.6) is 0 Å². The number of nitrogens with one attached hydrogen (secondary N) is 1. The van der Waals surface area contributed by atoms with Crippen LogP contribution in [0, 0.1) is 0 Å². The van der Waals surface area contributed by atoms with Crippen molar-refractivity contribution in [3.8, 4) is 11.3 Å². The molecule has 0 bridgehead atoms. The third-order valence-electron chi connectivity index (χ3n) is 5.34. The fourth-order valence-corrected chi connectivity index (χ4v) is 3.80. The third kappa shape index (κ3) is 3.96. The second-order valence-corrected chi connectivity index (χ2v) is 7.41. The SMILES string of the molecule is O=C(Nc1ccc(-c2cn3ccccc3n2)cc1)C(c1ccccc1)c1ccccc1. The first-order chi connectivity index (χ1) is 15.3. The number of pyridine rings is 1. The van der Waals surface area contributed by atoms with Crippen LogP contribution in [0.1, 0.15) is 17.0 Å². The van der Waals surface area contributed by atoms with Gasteiger partial charge in [-0.1, -0.05) is 78.9 Å². The molecule has 5 rings (SSSR count). The van der Waals surface area contributed by atoms with E-state index in [1.54, 1.807) is 0 Å². The molecule has 2 heterocycles. The predicted molar refractivity (Wildman–Crippen MR) is 124 cm³/mol. The van der Waals surface area contributed by atoms with E-state index >= 15 is 0 Å². The van der Waals surface area contributed by atoms with Crippen LogP contribution in [-0.2, 0) is 4.79 Å². The molecule has 0 saturated carbocycles. The summed E-state index contributed by atoms with van der Waals surface area (Å²) in [4.78, 5) is 17.9. The largest absolute Gasteiger partial charge is 0.325 e. The first-order valence-electron chi connectivity index (χ1n) is 10.2. The normalized spacial score (nSPS) is 11.0. The van der Waals surface area contributed by atoms with Crippen molar-refractivity contribution < 1.29 is 4.79 Å². The zero-order chi connectivity index (χ0) is 21.0. The molecule has 2 aromatic heterocycles. The van der Waals surface area contributed by atoms with Crippen LogP contribution in [0.2, 0.25) is 0 Å². The molecule has 4 heteroatoms.